The molecule has 0 atom stereocenters. The van der Waals surface area contributed by atoms with Gasteiger partial charge in [0.15, 0.2) is 12.4 Å². The van der Waals surface area contributed by atoms with E-state index in [-0.39, 0.29) is 29.8 Å². The number of carbonyl (C=O) groups is 1. The minimum Gasteiger partial charge on any atom is -0.324 e. The maximum Gasteiger partial charge on any atom is 0.346 e. The molecule has 12 heteroatoms. The molecule has 2 aromatic carbocycles. The topological polar surface area (TPSA) is 111 Å². The van der Waals surface area contributed by atoms with Gasteiger partial charge in [-0.25, -0.2) is 17.8 Å². The van der Waals surface area contributed by atoms with Gasteiger partial charge in [-0.15, -0.1) is 3.97 Å². The number of benzene rings is 2. The second kappa shape index (κ2) is 9.05. The molecule has 0 aliphatic rings. The van der Waals surface area contributed by atoms with E-state index in [1.165, 1.54) is 42.5 Å². The Balaban J connectivity index is 1.89. The van der Waals surface area contributed by atoms with Crippen molar-refractivity contribution in [2.45, 2.75) is 11.4 Å². The quantitative estimate of drug-likeness (QED) is 0.406. The van der Waals surface area contributed by atoms with Gasteiger partial charge in [-0.05, 0) is 42.5 Å². The number of halogens is 2. The van der Waals surface area contributed by atoms with Crippen molar-refractivity contribution in [3.8, 4) is 0 Å². The largest absolute Gasteiger partial charge is 0.346 e. The van der Waals surface area contributed by atoms with Crippen molar-refractivity contribution in [1.29, 1.82) is 0 Å². The standard InChI is InChI=1S/C22H16Cl2N4O5S/c1-26-10-8-16(9-11-26)25-20(29)13-27-19-12-15(24)4-7-18(19)21(30)28(22(27)31)34(32,33)17-5-2-14(23)3-6-17/h2-12H,13H2,1H3/p+1. The molecule has 0 aliphatic heterocycles. The number of carbonyl (C=O) groups excluding carboxylic acids is 1. The summed E-state index contributed by atoms with van der Waals surface area (Å²) < 4.78 is 29.3. The molecule has 0 fully saturated rings. The van der Waals surface area contributed by atoms with E-state index in [1.807, 2.05) is 7.05 Å². The predicted octanol–water partition coefficient (Wildman–Crippen LogP) is 2.17. The van der Waals surface area contributed by atoms with Crippen LogP contribution in [-0.2, 0) is 28.4 Å². The number of aromatic nitrogens is 3. The molecule has 34 heavy (non-hydrogen) atoms. The number of hydrogen-bond acceptors (Lipinski definition) is 5. The summed E-state index contributed by atoms with van der Waals surface area (Å²) in [6.07, 6.45) is 3.44. The molecule has 9 nitrogen and oxygen atoms in total. The number of anilines is 1. The van der Waals surface area contributed by atoms with Crippen LogP contribution in [0.3, 0.4) is 0 Å². The number of fused-ring (bicyclic) bond motifs is 1. The highest BCUT2D eigenvalue weighted by Crippen LogP contribution is 2.19. The Bertz CT molecular complexity index is 1640. The van der Waals surface area contributed by atoms with Gasteiger partial charge in [0.05, 0.1) is 21.5 Å². The first kappa shape index (κ1) is 23.7. The number of pyridine rings is 1. The van der Waals surface area contributed by atoms with Gasteiger partial charge >= 0.3 is 5.69 Å². The SMILES string of the molecule is C[n+]1ccc(NC(=O)Cn2c(=O)n(S(=O)(=O)c3ccc(Cl)cc3)c(=O)c3ccc(Cl)cc32)cc1. The van der Waals surface area contributed by atoms with Gasteiger partial charge in [-0.2, -0.15) is 0 Å². The summed E-state index contributed by atoms with van der Waals surface area (Å²) in [4.78, 5) is 38.9. The highest BCUT2D eigenvalue weighted by Gasteiger charge is 2.26. The fraction of sp³-hybridized carbons (Fsp3) is 0.0909. The number of hydrogen-bond donors (Lipinski definition) is 1. The van der Waals surface area contributed by atoms with Gasteiger partial charge in [0.2, 0.25) is 5.91 Å². The lowest BCUT2D eigenvalue weighted by Crippen LogP contribution is -2.45. The maximum absolute atomic E-state index is 13.3. The minimum atomic E-state index is -4.60. The van der Waals surface area contributed by atoms with E-state index in [9.17, 15) is 22.8 Å². The van der Waals surface area contributed by atoms with E-state index in [1.54, 1.807) is 29.1 Å². The molecule has 2 heterocycles. The van der Waals surface area contributed by atoms with Crippen LogP contribution < -0.4 is 21.1 Å². The minimum absolute atomic E-state index is 0.0275. The van der Waals surface area contributed by atoms with Crippen LogP contribution >= 0.6 is 23.2 Å². The van der Waals surface area contributed by atoms with Gasteiger partial charge in [-0.1, -0.05) is 23.2 Å². The Hall–Kier alpha value is -3.47. The molecular formula is C22H17Cl2N4O5S+. The van der Waals surface area contributed by atoms with E-state index < -0.39 is 33.7 Å². The summed E-state index contributed by atoms with van der Waals surface area (Å²) in [6.45, 7) is -0.562. The second-order valence-corrected chi connectivity index (χ2v) is 10.0. The molecule has 0 bridgehead atoms. The molecule has 0 saturated heterocycles. The molecule has 0 radical (unpaired) electrons. The van der Waals surface area contributed by atoms with Gasteiger partial charge < -0.3 is 5.32 Å². The van der Waals surface area contributed by atoms with Crippen LogP contribution in [0.5, 0.6) is 0 Å². The Kier molecular flexibility index (Phi) is 6.30. The van der Waals surface area contributed by atoms with Gasteiger partial charge in [0.25, 0.3) is 15.6 Å². The zero-order valence-corrected chi connectivity index (χ0v) is 19.9. The summed E-state index contributed by atoms with van der Waals surface area (Å²) >= 11 is 11.9. The van der Waals surface area contributed by atoms with Crippen molar-refractivity contribution in [2.75, 3.05) is 5.32 Å². The molecule has 0 spiro atoms. The van der Waals surface area contributed by atoms with Crippen LogP contribution in [-0.4, -0.2) is 22.9 Å². The molecule has 4 rings (SSSR count). The normalized spacial score (nSPS) is 11.5. The number of nitrogens with zero attached hydrogens (tertiary/aromatic N) is 3. The fourth-order valence-corrected chi connectivity index (χ4v) is 4.93. The molecule has 2 aromatic heterocycles. The molecule has 174 valence electrons. The Morgan fingerprint density at radius 2 is 1.59 bits per heavy atom. The van der Waals surface area contributed by atoms with Gasteiger partial charge in [-0.3, -0.25) is 14.2 Å². The zero-order chi connectivity index (χ0) is 24.6. The lowest BCUT2D eigenvalue weighted by molar-refractivity contribution is -0.671. The smallest absolute Gasteiger partial charge is 0.324 e. The molecule has 0 unspecified atom stereocenters. The van der Waals surface area contributed by atoms with Crippen LogP contribution in [0, 0.1) is 0 Å². The monoisotopic (exact) mass is 519 g/mol. The van der Waals surface area contributed by atoms with Crippen LogP contribution in [0.2, 0.25) is 10.0 Å². The van der Waals surface area contributed by atoms with Crippen LogP contribution in [0.4, 0.5) is 5.69 Å². The first-order chi connectivity index (χ1) is 16.1. The maximum atomic E-state index is 13.3. The lowest BCUT2D eigenvalue weighted by atomic mass is 10.2. The van der Waals surface area contributed by atoms with Crippen molar-refractivity contribution < 1.29 is 17.8 Å². The van der Waals surface area contributed by atoms with Crippen molar-refractivity contribution in [3.05, 3.63) is 97.9 Å². The molecule has 0 aliphatic carbocycles. The van der Waals surface area contributed by atoms with Gasteiger partial charge in [0, 0.05) is 22.2 Å². The number of amides is 1. The summed E-state index contributed by atoms with van der Waals surface area (Å²) in [6, 6.07) is 12.3. The number of rotatable bonds is 5. The van der Waals surface area contributed by atoms with E-state index in [0.717, 1.165) is 4.57 Å². The first-order valence-corrected chi connectivity index (χ1v) is 12.0. The van der Waals surface area contributed by atoms with Crippen LogP contribution in [0.1, 0.15) is 0 Å². The summed E-state index contributed by atoms with van der Waals surface area (Å²) in [5.74, 6) is -0.605. The average Bonchev–Trinajstić information content (AvgIpc) is 2.78. The molecular weight excluding hydrogens is 503 g/mol. The Morgan fingerprint density at radius 3 is 2.24 bits per heavy atom. The zero-order valence-electron chi connectivity index (χ0n) is 17.6. The van der Waals surface area contributed by atoms with Crippen molar-refractivity contribution in [1.82, 2.24) is 8.54 Å². The van der Waals surface area contributed by atoms with Crippen LogP contribution in [0.15, 0.2) is 81.5 Å². The van der Waals surface area contributed by atoms with Crippen LogP contribution in [0.25, 0.3) is 10.9 Å². The Labute approximate surface area is 203 Å². The third kappa shape index (κ3) is 4.47. The predicted molar refractivity (Wildman–Crippen MR) is 128 cm³/mol. The number of aryl methyl sites for hydroxylation is 1. The highest BCUT2D eigenvalue weighted by atomic mass is 35.5. The van der Waals surface area contributed by atoms with E-state index in [2.05, 4.69) is 5.32 Å². The van der Waals surface area contributed by atoms with E-state index >= 15 is 0 Å². The summed E-state index contributed by atoms with van der Waals surface area (Å²) in [5, 5.41) is 3.03. The average molecular weight is 520 g/mol. The summed E-state index contributed by atoms with van der Waals surface area (Å²) in [5.41, 5.74) is -1.76. The van der Waals surface area contributed by atoms with Crippen molar-refractivity contribution >= 4 is 55.7 Å². The number of nitrogens with one attached hydrogen (secondary N) is 1. The highest BCUT2D eigenvalue weighted by molar-refractivity contribution is 7.90. The van der Waals surface area contributed by atoms with E-state index in [4.69, 9.17) is 23.2 Å². The molecule has 0 saturated carbocycles. The lowest BCUT2D eigenvalue weighted by Gasteiger charge is -2.14. The van der Waals surface area contributed by atoms with E-state index in [0.29, 0.717) is 5.69 Å². The second-order valence-electron chi connectivity index (χ2n) is 7.36. The molecule has 1 N–H and O–H groups in total. The van der Waals surface area contributed by atoms with Crippen molar-refractivity contribution in [3.63, 3.8) is 0 Å². The fourth-order valence-electron chi connectivity index (χ4n) is 3.32. The Morgan fingerprint density at radius 1 is 0.971 bits per heavy atom. The van der Waals surface area contributed by atoms with Crippen molar-refractivity contribution in [2.24, 2.45) is 7.05 Å². The third-order valence-corrected chi connectivity index (χ3v) is 7.14. The molecule has 1 amide bonds. The molecule has 4 aromatic rings. The first-order valence-electron chi connectivity index (χ1n) is 9.79. The third-order valence-electron chi connectivity index (χ3n) is 4.99. The van der Waals surface area contributed by atoms with Gasteiger partial charge in [0.1, 0.15) is 13.6 Å². The summed E-state index contributed by atoms with van der Waals surface area (Å²) in [7, 11) is -2.78.